The third-order valence-electron chi connectivity index (χ3n) is 3.37. The Morgan fingerprint density at radius 1 is 1.35 bits per heavy atom. The van der Waals surface area contributed by atoms with E-state index in [1.165, 1.54) is 18.4 Å². The number of fused-ring (bicyclic) bond motifs is 1. The number of hydrogen-bond donors (Lipinski definition) is 1. The Morgan fingerprint density at radius 3 is 2.87 bits per heavy atom. The molecule has 3 aromatic rings. The second kappa shape index (κ2) is 5.92. The van der Waals surface area contributed by atoms with E-state index in [0.717, 1.165) is 5.69 Å². The van der Waals surface area contributed by atoms with Gasteiger partial charge < -0.3 is 9.73 Å². The lowest BCUT2D eigenvalue weighted by molar-refractivity contribution is -0.111. The fourth-order valence-electron chi connectivity index (χ4n) is 2.27. The van der Waals surface area contributed by atoms with Crippen LogP contribution in [-0.2, 0) is 11.8 Å². The summed E-state index contributed by atoms with van der Waals surface area (Å²) in [5.41, 5.74) is 1.47. The van der Waals surface area contributed by atoms with Crippen molar-refractivity contribution in [1.82, 2.24) is 9.78 Å². The number of para-hydroxylation sites is 1. The Hall–Kier alpha value is -3.15. The molecule has 1 aromatic carbocycles. The largest absolute Gasteiger partial charge is 0.463 e. The summed E-state index contributed by atoms with van der Waals surface area (Å²) < 4.78 is 6.97. The molecule has 0 radical (unpaired) electrons. The first-order chi connectivity index (χ1) is 11.0. The van der Waals surface area contributed by atoms with E-state index in [0.29, 0.717) is 22.4 Å². The van der Waals surface area contributed by atoms with E-state index < -0.39 is 0 Å². The normalized spacial score (nSPS) is 11.2. The molecule has 0 unspecified atom stereocenters. The maximum atomic E-state index is 12.3. The standard InChI is InChI=1S/C17H15N3O3/c1-11-9-15(20(2)19-11)18-16(21)8-7-12-10-23-14-6-4-3-5-13(14)17(12)22/h3-10H,1-2H3,(H,18,21)/b8-7+. The first-order valence-corrected chi connectivity index (χ1v) is 7.05. The van der Waals surface area contributed by atoms with Crippen LogP contribution in [0.25, 0.3) is 17.0 Å². The Kier molecular flexibility index (Phi) is 3.80. The number of carbonyl (C=O) groups excluding carboxylic acids is 1. The van der Waals surface area contributed by atoms with E-state index in [-0.39, 0.29) is 11.3 Å². The summed E-state index contributed by atoms with van der Waals surface area (Å²) in [6.07, 6.45) is 4.09. The number of aryl methyl sites for hydroxylation is 2. The molecular weight excluding hydrogens is 294 g/mol. The Balaban J connectivity index is 1.82. The van der Waals surface area contributed by atoms with Crippen LogP contribution in [0.1, 0.15) is 11.3 Å². The van der Waals surface area contributed by atoms with Gasteiger partial charge in [0.05, 0.1) is 16.6 Å². The van der Waals surface area contributed by atoms with Crippen LogP contribution in [0.2, 0.25) is 0 Å². The van der Waals surface area contributed by atoms with Crippen molar-refractivity contribution >= 4 is 28.8 Å². The molecule has 1 amide bonds. The molecule has 116 valence electrons. The Labute approximate surface area is 132 Å². The Bertz CT molecular complexity index is 967. The highest BCUT2D eigenvalue weighted by atomic mass is 16.3. The quantitative estimate of drug-likeness (QED) is 0.754. The fourth-order valence-corrected chi connectivity index (χ4v) is 2.27. The van der Waals surface area contributed by atoms with Crippen molar-refractivity contribution in [2.24, 2.45) is 7.05 Å². The van der Waals surface area contributed by atoms with Crippen molar-refractivity contribution in [2.45, 2.75) is 6.92 Å². The van der Waals surface area contributed by atoms with Gasteiger partial charge in [-0.3, -0.25) is 14.3 Å². The number of carbonyl (C=O) groups is 1. The minimum atomic E-state index is -0.347. The molecule has 0 fully saturated rings. The predicted octanol–water partition coefficient (Wildman–Crippen LogP) is 2.49. The SMILES string of the molecule is Cc1cc(NC(=O)/C=C/c2coc3ccccc3c2=O)n(C)n1. The minimum Gasteiger partial charge on any atom is -0.463 e. The van der Waals surface area contributed by atoms with Gasteiger partial charge >= 0.3 is 0 Å². The summed E-state index contributed by atoms with van der Waals surface area (Å²) in [7, 11) is 1.74. The molecule has 0 aliphatic rings. The molecule has 0 atom stereocenters. The average molecular weight is 309 g/mol. The number of nitrogens with one attached hydrogen (secondary N) is 1. The summed E-state index contributed by atoms with van der Waals surface area (Å²) in [6.45, 7) is 1.84. The third kappa shape index (κ3) is 3.06. The van der Waals surface area contributed by atoms with Gasteiger partial charge in [-0.15, -0.1) is 0 Å². The van der Waals surface area contributed by atoms with Gasteiger partial charge in [0.15, 0.2) is 5.43 Å². The topological polar surface area (TPSA) is 77.1 Å². The second-order valence-corrected chi connectivity index (χ2v) is 5.13. The summed E-state index contributed by atoms with van der Waals surface area (Å²) in [4.78, 5) is 24.3. The molecule has 3 rings (SSSR count). The van der Waals surface area contributed by atoms with Gasteiger partial charge in [0.2, 0.25) is 5.91 Å². The predicted molar refractivity (Wildman–Crippen MR) is 88.1 cm³/mol. The minimum absolute atomic E-state index is 0.174. The van der Waals surface area contributed by atoms with Gasteiger partial charge in [-0.25, -0.2) is 0 Å². The first kappa shape index (κ1) is 14.8. The van der Waals surface area contributed by atoms with Crippen LogP contribution in [0.5, 0.6) is 0 Å². The number of benzene rings is 1. The van der Waals surface area contributed by atoms with Crippen LogP contribution < -0.4 is 10.7 Å². The summed E-state index contributed by atoms with van der Waals surface area (Å²) in [6, 6.07) is 8.74. The van der Waals surface area contributed by atoms with Crippen LogP contribution >= 0.6 is 0 Å². The second-order valence-electron chi connectivity index (χ2n) is 5.13. The van der Waals surface area contributed by atoms with Crippen LogP contribution in [0.15, 0.2) is 51.9 Å². The molecule has 0 spiro atoms. The van der Waals surface area contributed by atoms with E-state index >= 15 is 0 Å². The molecule has 23 heavy (non-hydrogen) atoms. The number of anilines is 1. The smallest absolute Gasteiger partial charge is 0.249 e. The lowest BCUT2D eigenvalue weighted by atomic mass is 10.1. The van der Waals surface area contributed by atoms with Crippen molar-refractivity contribution in [3.63, 3.8) is 0 Å². The Morgan fingerprint density at radius 2 is 2.13 bits per heavy atom. The number of amides is 1. The van der Waals surface area contributed by atoms with Crippen molar-refractivity contribution in [1.29, 1.82) is 0 Å². The maximum Gasteiger partial charge on any atom is 0.249 e. The monoisotopic (exact) mass is 309 g/mol. The highest BCUT2D eigenvalue weighted by Gasteiger charge is 2.06. The molecule has 6 nitrogen and oxygen atoms in total. The zero-order valence-corrected chi connectivity index (χ0v) is 12.7. The first-order valence-electron chi connectivity index (χ1n) is 7.05. The molecule has 0 bridgehead atoms. The molecule has 2 heterocycles. The van der Waals surface area contributed by atoms with E-state index in [1.807, 2.05) is 6.92 Å². The van der Waals surface area contributed by atoms with Gasteiger partial charge in [-0.2, -0.15) is 5.10 Å². The van der Waals surface area contributed by atoms with Crippen LogP contribution in [-0.4, -0.2) is 15.7 Å². The molecule has 1 N–H and O–H groups in total. The van der Waals surface area contributed by atoms with E-state index in [1.54, 1.807) is 42.1 Å². The van der Waals surface area contributed by atoms with E-state index in [9.17, 15) is 9.59 Å². The zero-order valence-electron chi connectivity index (χ0n) is 12.7. The maximum absolute atomic E-state index is 12.3. The van der Waals surface area contributed by atoms with E-state index in [4.69, 9.17) is 4.42 Å². The molecule has 2 aromatic heterocycles. The average Bonchev–Trinajstić information content (AvgIpc) is 2.84. The fraction of sp³-hybridized carbons (Fsp3) is 0.118. The number of hydrogen-bond acceptors (Lipinski definition) is 4. The summed E-state index contributed by atoms with van der Waals surface area (Å²) in [5.74, 6) is 0.239. The van der Waals surface area contributed by atoms with Crippen molar-refractivity contribution in [3.8, 4) is 0 Å². The van der Waals surface area contributed by atoms with Crippen LogP contribution in [0.4, 0.5) is 5.82 Å². The molecule has 0 saturated heterocycles. The van der Waals surface area contributed by atoms with Gasteiger partial charge in [-0.1, -0.05) is 12.1 Å². The highest BCUT2D eigenvalue weighted by molar-refractivity contribution is 6.01. The van der Waals surface area contributed by atoms with Crippen LogP contribution in [0, 0.1) is 6.92 Å². The van der Waals surface area contributed by atoms with Gasteiger partial charge in [0.1, 0.15) is 17.7 Å². The molecule has 6 heteroatoms. The summed E-state index contributed by atoms with van der Waals surface area (Å²) >= 11 is 0. The van der Waals surface area contributed by atoms with Crippen molar-refractivity contribution < 1.29 is 9.21 Å². The molecule has 0 aliphatic heterocycles. The molecule has 0 aliphatic carbocycles. The molecule has 0 saturated carbocycles. The highest BCUT2D eigenvalue weighted by Crippen LogP contribution is 2.11. The zero-order chi connectivity index (χ0) is 16.4. The van der Waals surface area contributed by atoms with Crippen LogP contribution in [0.3, 0.4) is 0 Å². The third-order valence-corrected chi connectivity index (χ3v) is 3.37. The number of aromatic nitrogens is 2. The van der Waals surface area contributed by atoms with Gasteiger partial charge in [0, 0.05) is 19.2 Å². The van der Waals surface area contributed by atoms with Crippen molar-refractivity contribution in [3.05, 3.63) is 64.2 Å². The van der Waals surface area contributed by atoms with E-state index in [2.05, 4.69) is 10.4 Å². The van der Waals surface area contributed by atoms with Gasteiger partial charge in [0.25, 0.3) is 0 Å². The van der Waals surface area contributed by atoms with Gasteiger partial charge in [-0.05, 0) is 25.1 Å². The summed E-state index contributed by atoms with van der Waals surface area (Å²) in [5, 5.41) is 7.33. The lowest BCUT2D eigenvalue weighted by Gasteiger charge is -2.01. The number of rotatable bonds is 3. The van der Waals surface area contributed by atoms with Crippen molar-refractivity contribution in [2.75, 3.05) is 5.32 Å². The molecular formula is C17H15N3O3. The lowest BCUT2D eigenvalue weighted by Crippen LogP contribution is -2.12. The number of nitrogens with zero attached hydrogens (tertiary/aromatic N) is 2.